The van der Waals surface area contributed by atoms with E-state index in [9.17, 15) is 9.59 Å². The normalized spacial score (nSPS) is 11.9. The molecule has 2 aromatic heterocycles. The van der Waals surface area contributed by atoms with Crippen LogP contribution in [0.4, 0.5) is 5.69 Å². The van der Waals surface area contributed by atoms with E-state index in [1.165, 1.54) is 6.07 Å². The molecule has 0 aliphatic rings. The second kappa shape index (κ2) is 6.44. The first-order valence-electron chi connectivity index (χ1n) is 8.61. The number of fused-ring (bicyclic) bond motifs is 1. The number of rotatable bonds is 3. The van der Waals surface area contributed by atoms with Crippen LogP contribution in [-0.2, 0) is 5.54 Å². The quantitative estimate of drug-likeness (QED) is 0.719. The lowest BCUT2D eigenvalue weighted by Gasteiger charge is -2.23. The summed E-state index contributed by atoms with van der Waals surface area (Å²) in [6.07, 6.45) is 0. The Balaban J connectivity index is 1.90. The molecule has 3 aromatic rings. The first-order valence-corrected chi connectivity index (χ1v) is 8.61. The van der Waals surface area contributed by atoms with Crippen molar-refractivity contribution >= 4 is 22.6 Å². The number of aromatic nitrogens is 2. The molecule has 0 spiro atoms. The average Bonchev–Trinajstić information content (AvgIpc) is 3.01. The summed E-state index contributed by atoms with van der Waals surface area (Å²) in [6.45, 7) is 10.3. The molecule has 0 unspecified atom stereocenters. The first kappa shape index (κ1) is 17.9. The van der Waals surface area contributed by atoms with Crippen LogP contribution in [0.1, 0.15) is 56.7 Å². The van der Waals surface area contributed by atoms with Gasteiger partial charge in [-0.1, -0.05) is 13.8 Å². The lowest BCUT2D eigenvalue weighted by Crippen LogP contribution is -2.26. The van der Waals surface area contributed by atoms with Gasteiger partial charge in [0.15, 0.2) is 5.69 Å². The van der Waals surface area contributed by atoms with E-state index in [0.717, 1.165) is 11.1 Å². The van der Waals surface area contributed by atoms with E-state index in [-0.39, 0.29) is 17.4 Å². The van der Waals surface area contributed by atoms with Crippen LogP contribution in [0, 0.1) is 0 Å². The van der Waals surface area contributed by atoms with Crippen molar-refractivity contribution in [3.8, 4) is 0 Å². The number of amides is 1. The van der Waals surface area contributed by atoms with Gasteiger partial charge in [0.05, 0.1) is 5.54 Å². The molecule has 1 aromatic carbocycles. The van der Waals surface area contributed by atoms with Crippen LogP contribution in [-0.4, -0.2) is 15.7 Å². The Morgan fingerprint density at radius 1 is 1.15 bits per heavy atom. The van der Waals surface area contributed by atoms with Crippen molar-refractivity contribution < 1.29 is 9.21 Å². The van der Waals surface area contributed by atoms with Gasteiger partial charge < -0.3 is 9.73 Å². The summed E-state index contributed by atoms with van der Waals surface area (Å²) in [4.78, 5) is 23.9. The molecule has 0 saturated carbocycles. The number of nitrogens with one attached hydrogen (secondary N) is 1. The molecule has 0 aliphatic heterocycles. The van der Waals surface area contributed by atoms with Gasteiger partial charge in [0.2, 0.25) is 0 Å². The molecule has 0 radical (unpaired) electrons. The topological polar surface area (TPSA) is 77.1 Å². The van der Waals surface area contributed by atoms with Crippen LogP contribution >= 0.6 is 0 Å². The van der Waals surface area contributed by atoms with E-state index in [0.29, 0.717) is 17.0 Å². The lowest BCUT2D eigenvalue weighted by atomic mass is 10.1. The minimum atomic E-state index is -0.400. The largest absolute Gasteiger partial charge is 0.423 e. The highest BCUT2D eigenvalue weighted by molar-refractivity contribution is 6.03. The fourth-order valence-corrected chi connectivity index (χ4v) is 2.80. The van der Waals surface area contributed by atoms with Gasteiger partial charge in [-0.3, -0.25) is 9.48 Å². The molecule has 6 heteroatoms. The summed E-state index contributed by atoms with van der Waals surface area (Å²) >= 11 is 0. The van der Waals surface area contributed by atoms with Crippen LogP contribution < -0.4 is 10.9 Å². The maximum atomic E-state index is 12.7. The molecule has 0 saturated heterocycles. The predicted molar refractivity (Wildman–Crippen MR) is 102 cm³/mol. The van der Waals surface area contributed by atoms with Crippen LogP contribution in [0.5, 0.6) is 0 Å². The van der Waals surface area contributed by atoms with E-state index < -0.39 is 5.63 Å². The van der Waals surface area contributed by atoms with Gasteiger partial charge in [0.25, 0.3) is 5.91 Å². The fraction of sp³-hybridized carbons (Fsp3) is 0.350. The summed E-state index contributed by atoms with van der Waals surface area (Å²) in [7, 11) is 0. The second-order valence-electron chi connectivity index (χ2n) is 7.65. The number of carbonyl (C=O) groups is 1. The molecule has 136 valence electrons. The average molecular weight is 353 g/mol. The van der Waals surface area contributed by atoms with E-state index in [2.05, 4.69) is 45.0 Å². The van der Waals surface area contributed by atoms with Gasteiger partial charge in [0, 0.05) is 22.8 Å². The molecule has 1 N–H and O–H groups in total. The molecule has 1 amide bonds. The SMILES string of the molecule is CC(C)c1cc(C(=O)Nc2ccc3oc(=O)ccc3c2)nn1C(C)(C)C. The van der Waals surface area contributed by atoms with Crippen molar-refractivity contribution in [2.45, 2.75) is 46.1 Å². The summed E-state index contributed by atoms with van der Waals surface area (Å²) in [5.41, 5.74) is 1.88. The highest BCUT2D eigenvalue weighted by Crippen LogP contribution is 2.24. The fourth-order valence-electron chi connectivity index (χ4n) is 2.80. The third kappa shape index (κ3) is 3.54. The third-order valence-corrected chi connectivity index (χ3v) is 4.07. The Kier molecular flexibility index (Phi) is 4.44. The summed E-state index contributed by atoms with van der Waals surface area (Å²) in [5.74, 6) is -0.0153. The van der Waals surface area contributed by atoms with Gasteiger partial charge in [-0.15, -0.1) is 0 Å². The first-order chi connectivity index (χ1) is 12.1. The third-order valence-electron chi connectivity index (χ3n) is 4.07. The maximum absolute atomic E-state index is 12.7. The Bertz CT molecular complexity index is 1020. The predicted octanol–water partition coefficient (Wildman–Crippen LogP) is 4.12. The molecule has 3 rings (SSSR count). The number of nitrogens with zero attached hydrogens (tertiary/aromatic N) is 2. The highest BCUT2D eigenvalue weighted by Gasteiger charge is 2.23. The second-order valence-corrected chi connectivity index (χ2v) is 7.65. The zero-order valence-corrected chi connectivity index (χ0v) is 15.7. The molecule has 2 heterocycles. The number of anilines is 1. The van der Waals surface area contributed by atoms with E-state index >= 15 is 0 Å². The molecule has 0 bridgehead atoms. The number of benzene rings is 1. The van der Waals surface area contributed by atoms with Crippen molar-refractivity contribution in [3.05, 3.63) is 58.2 Å². The van der Waals surface area contributed by atoms with Gasteiger partial charge in [-0.2, -0.15) is 5.10 Å². The Hall–Kier alpha value is -2.89. The molecule has 0 atom stereocenters. The van der Waals surface area contributed by atoms with Crippen LogP contribution in [0.25, 0.3) is 11.0 Å². The van der Waals surface area contributed by atoms with E-state index in [1.807, 2.05) is 10.7 Å². The lowest BCUT2D eigenvalue weighted by molar-refractivity contribution is 0.102. The number of hydrogen-bond donors (Lipinski definition) is 1. The smallest absolute Gasteiger partial charge is 0.336 e. The minimum absolute atomic E-state index is 0.210. The summed E-state index contributed by atoms with van der Waals surface area (Å²) < 4.78 is 7.01. The molecular weight excluding hydrogens is 330 g/mol. The van der Waals surface area contributed by atoms with Crippen LogP contribution in [0.3, 0.4) is 0 Å². The van der Waals surface area contributed by atoms with Gasteiger partial charge >= 0.3 is 5.63 Å². The van der Waals surface area contributed by atoms with Gasteiger partial charge in [-0.25, -0.2) is 4.79 Å². The number of hydrogen-bond acceptors (Lipinski definition) is 4. The van der Waals surface area contributed by atoms with E-state index in [1.54, 1.807) is 24.3 Å². The van der Waals surface area contributed by atoms with Crippen molar-refractivity contribution in [1.29, 1.82) is 0 Å². The maximum Gasteiger partial charge on any atom is 0.336 e. The Morgan fingerprint density at radius 3 is 2.50 bits per heavy atom. The van der Waals surface area contributed by atoms with Crippen molar-refractivity contribution in [3.63, 3.8) is 0 Å². The Morgan fingerprint density at radius 2 is 1.88 bits per heavy atom. The van der Waals surface area contributed by atoms with Crippen LogP contribution in [0.2, 0.25) is 0 Å². The molecule has 0 aliphatic carbocycles. The zero-order chi connectivity index (χ0) is 19.1. The zero-order valence-electron chi connectivity index (χ0n) is 15.7. The standard InChI is InChI=1S/C20H23N3O3/c1-12(2)16-11-15(22-23(16)20(3,4)5)19(25)21-14-7-8-17-13(10-14)6-9-18(24)26-17/h6-12H,1-5H3,(H,21,25). The summed E-state index contributed by atoms with van der Waals surface area (Å²) in [5, 5.41) is 8.12. The van der Waals surface area contributed by atoms with Crippen molar-refractivity contribution in [2.75, 3.05) is 5.32 Å². The van der Waals surface area contributed by atoms with Crippen molar-refractivity contribution in [2.24, 2.45) is 0 Å². The molecule has 26 heavy (non-hydrogen) atoms. The van der Waals surface area contributed by atoms with Gasteiger partial charge in [-0.05, 0) is 57.0 Å². The van der Waals surface area contributed by atoms with Crippen molar-refractivity contribution in [1.82, 2.24) is 9.78 Å². The van der Waals surface area contributed by atoms with Crippen LogP contribution in [0.15, 0.2) is 45.6 Å². The minimum Gasteiger partial charge on any atom is -0.423 e. The molecular formula is C20H23N3O3. The van der Waals surface area contributed by atoms with Gasteiger partial charge in [0.1, 0.15) is 5.58 Å². The molecule has 0 fully saturated rings. The molecule has 6 nitrogen and oxygen atoms in total. The highest BCUT2D eigenvalue weighted by atomic mass is 16.4. The number of carbonyl (C=O) groups excluding carboxylic acids is 1. The Labute approximate surface area is 151 Å². The van der Waals surface area contributed by atoms with E-state index in [4.69, 9.17) is 4.42 Å². The summed E-state index contributed by atoms with van der Waals surface area (Å²) in [6, 6.07) is 9.99. The monoisotopic (exact) mass is 353 g/mol.